The van der Waals surface area contributed by atoms with E-state index >= 15 is 0 Å². The third-order valence-corrected chi connectivity index (χ3v) is 5.67. The maximum absolute atomic E-state index is 13.1. The molecule has 0 bridgehead atoms. The number of benzene rings is 2. The molecule has 152 valence electrons. The van der Waals surface area contributed by atoms with Gasteiger partial charge in [-0.2, -0.15) is 0 Å². The smallest absolute Gasteiger partial charge is 0.262 e. The molecule has 1 fully saturated rings. The summed E-state index contributed by atoms with van der Waals surface area (Å²) in [5, 5.41) is 3.02. The number of nitrogens with zero attached hydrogens (tertiary/aromatic N) is 1. The van der Waals surface area contributed by atoms with Crippen LogP contribution in [0, 0.1) is 0 Å². The number of imide groups is 1. The van der Waals surface area contributed by atoms with Gasteiger partial charge in [0.15, 0.2) is 5.78 Å². The molecule has 3 amide bonds. The minimum absolute atomic E-state index is 0.0111. The molecule has 1 saturated carbocycles. The van der Waals surface area contributed by atoms with Crippen LogP contribution >= 0.6 is 11.6 Å². The van der Waals surface area contributed by atoms with Gasteiger partial charge in [0, 0.05) is 13.0 Å². The zero-order valence-electron chi connectivity index (χ0n) is 15.8. The molecule has 0 saturated heterocycles. The minimum Gasteiger partial charge on any atom is -0.348 e. The highest BCUT2D eigenvalue weighted by atomic mass is 35.5. The van der Waals surface area contributed by atoms with Gasteiger partial charge in [-0.3, -0.25) is 28.9 Å². The van der Waals surface area contributed by atoms with Crippen LogP contribution in [0.5, 0.6) is 0 Å². The Bertz CT molecular complexity index is 1110. The zero-order valence-corrected chi connectivity index (χ0v) is 16.6. The number of carbonyl (C=O) groups is 5. The summed E-state index contributed by atoms with van der Waals surface area (Å²) in [6, 6.07) is 10.4. The Balaban J connectivity index is 1.58. The van der Waals surface area contributed by atoms with Gasteiger partial charge >= 0.3 is 0 Å². The van der Waals surface area contributed by atoms with Crippen molar-refractivity contribution in [3.8, 4) is 0 Å². The first kappa shape index (κ1) is 20.0. The molecule has 2 aromatic carbocycles. The lowest BCUT2D eigenvalue weighted by molar-refractivity contribution is -0.132. The highest BCUT2D eigenvalue weighted by molar-refractivity contribution is 6.33. The maximum Gasteiger partial charge on any atom is 0.262 e. The summed E-state index contributed by atoms with van der Waals surface area (Å²) in [4.78, 5) is 63.1. The highest BCUT2D eigenvalue weighted by Gasteiger charge is 2.45. The molecular weight excluding hydrogens is 408 g/mol. The third-order valence-electron chi connectivity index (χ3n) is 5.34. The highest BCUT2D eigenvalue weighted by Crippen LogP contribution is 2.31. The van der Waals surface area contributed by atoms with Crippen LogP contribution in [-0.4, -0.2) is 40.2 Å². The van der Waals surface area contributed by atoms with Crippen molar-refractivity contribution < 1.29 is 24.0 Å². The van der Waals surface area contributed by atoms with Crippen LogP contribution in [0.3, 0.4) is 0 Å². The van der Waals surface area contributed by atoms with Gasteiger partial charge in [0.1, 0.15) is 5.78 Å². The standard InChI is InChI=1S/C22H17ClN2O5/c23-16-7-2-1-5-14(16)20(28)24-11-12-4-3-6-15-19(12)22(30)25(21(15)29)17-9-8-13(26)10-18(17)27/h1-7,17H,8-11H2,(H,24,28). The molecule has 7 nitrogen and oxygen atoms in total. The Morgan fingerprint density at radius 1 is 1.03 bits per heavy atom. The minimum atomic E-state index is -0.930. The molecule has 2 aliphatic rings. The number of rotatable bonds is 4. The number of carbonyl (C=O) groups excluding carboxylic acids is 5. The summed E-state index contributed by atoms with van der Waals surface area (Å²) < 4.78 is 0. The molecule has 4 rings (SSSR count). The van der Waals surface area contributed by atoms with E-state index in [1.165, 1.54) is 6.07 Å². The number of halogens is 1. The van der Waals surface area contributed by atoms with Gasteiger partial charge in [0.25, 0.3) is 17.7 Å². The van der Waals surface area contributed by atoms with E-state index in [-0.39, 0.29) is 42.7 Å². The van der Waals surface area contributed by atoms with Gasteiger partial charge in [0.05, 0.1) is 34.2 Å². The van der Waals surface area contributed by atoms with Crippen molar-refractivity contribution in [2.75, 3.05) is 0 Å². The first-order chi connectivity index (χ1) is 14.4. The predicted molar refractivity (Wildman–Crippen MR) is 107 cm³/mol. The third kappa shape index (κ3) is 3.41. The van der Waals surface area contributed by atoms with Crippen LogP contribution < -0.4 is 5.32 Å². The van der Waals surface area contributed by atoms with Crippen molar-refractivity contribution in [3.05, 3.63) is 69.7 Å². The first-order valence-electron chi connectivity index (χ1n) is 9.45. The number of hydrogen-bond donors (Lipinski definition) is 1. The van der Waals surface area contributed by atoms with Crippen molar-refractivity contribution in [2.45, 2.75) is 31.8 Å². The van der Waals surface area contributed by atoms with Crippen LogP contribution in [0.4, 0.5) is 0 Å². The van der Waals surface area contributed by atoms with Crippen molar-refractivity contribution >= 4 is 40.9 Å². The van der Waals surface area contributed by atoms with E-state index < -0.39 is 29.5 Å². The molecule has 1 heterocycles. The van der Waals surface area contributed by atoms with E-state index in [0.29, 0.717) is 16.1 Å². The fourth-order valence-electron chi connectivity index (χ4n) is 3.85. The molecule has 0 radical (unpaired) electrons. The quantitative estimate of drug-likeness (QED) is 0.600. The fraction of sp³-hybridized carbons (Fsp3) is 0.227. The molecular formula is C22H17ClN2O5. The summed E-state index contributed by atoms with van der Waals surface area (Å²) in [5.41, 5.74) is 1.13. The Morgan fingerprint density at radius 3 is 2.53 bits per heavy atom. The topological polar surface area (TPSA) is 101 Å². The summed E-state index contributed by atoms with van der Waals surface area (Å²) in [6.45, 7) is 0.0111. The Morgan fingerprint density at radius 2 is 1.80 bits per heavy atom. The molecule has 0 aromatic heterocycles. The second kappa shape index (κ2) is 7.84. The largest absolute Gasteiger partial charge is 0.348 e. The fourth-order valence-corrected chi connectivity index (χ4v) is 4.07. The molecule has 1 unspecified atom stereocenters. The lowest BCUT2D eigenvalue weighted by Crippen LogP contribution is -2.47. The molecule has 8 heteroatoms. The average Bonchev–Trinajstić information content (AvgIpc) is 2.98. The van der Waals surface area contributed by atoms with E-state index in [1.54, 1.807) is 36.4 Å². The summed E-state index contributed by atoms with van der Waals surface area (Å²) in [6.07, 6.45) is 0.0328. The maximum atomic E-state index is 13.1. The van der Waals surface area contributed by atoms with Crippen LogP contribution in [0.15, 0.2) is 42.5 Å². The van der Waals surface area contributed by atoms with Gasteiger partial charge in [-0.1, -0.05) is 35.9 Å². The van der Waals surface area contributed by atoms with E-state index in [2.05, 4.69) is 5.32 Å². The van der Waals surface area contributed by atoms with Gasteiger partial charge in [-0.15, -0.1) is 0 Å². The van der Waals surface area contributed by atoms with E-state index in [4.69, 9.17) is 11.6 Å². The Hall–Kier alpha value is -3.32. The number of nitrogens with one attached hydrogen (secondary N) is 1. The SMILES string of the molecule is O=C1CCC(N2C(=O)c3cccc(CNC(=O)c4ccccc4Cl)c3C2=O)C(=O)C1. The van der Waals surface area contributed by atoms with Crippen molar-refractivity contribution in [1.82, 2.24) is 10.2 Å². The van der Waals surface area contributed by atoms with E-state index in [9.17, 15) is 24.0 Å². The van der Waals surface area contributed by atoms with Crippen molar-refractivity contribution in [2.24, 2.45) is 0 Å². The van der Waals surface area contributed by atoms with Gasteiger partial charge in [-0.05, 0) is 30.2 Å². The van der Waals surface area contributed by atoms with Gasteiger partial charge in [-0.25, -0.2) is 0 Å². The molecule has 0 spiro atoms. The molecule has 1 aliphatic carbocycles. The Labute approximate surface area is 177 Å². The van der Waals surface area contributed by atoms with Gasteiger partial charge in [0.2, 0.25) is 0 Å². The number of amides is 3. The number of fused-ring (bicyclic) bond motifs is 1. The van der Waals surface area contributed by atoms with Crippen LogP contribution in [0.25, 0.3) is 0 Å². The average molecular weight is 425 g/mol. The van der Waals surface area contributed by atoms with E-state index in [0.717, 1.165) is 4.90 Å². The van der Waals surface area contributed by atoms with Crippen molar-refractivity contribution in [3.63, 3.8) is 0 Å². The summed E-state index contributed by atoms with van der Waals surface area (Å²) >= 11 is 6.04. The Kier molecular flexibility index (Phi) is 5.22. The molecule has 2 aromatic rings. The second-order valence-corrected chi connectivity index (χ2v) is 7.63. The number of Topliss-reactive ketones (excluding diaryl/α,β-unsaturated/α-hetero) is 2. The normalized spacial score (nSPS) is 18.6. The lowest BCUT2D eigenvalue weighted by Gasteiger charge is -2.27. The molecule has 1 N–H and O–H groups in total. The second-order valence-electron chi connectivity index (χ2n) is 7.22. The summed E-state index contributed by atoms with van der Waals surface area (Å²) in [7, 11) is 0. The lowest BCUT2D eigenvalue weighted by atomic mass is 9.92. The zero-order chi connectivity index (χ0) is 21.4. The van der Waals surface area contributed by atoms with Crippen LogP contribution in [-0.2, 0) is 16.1 Å². The predicted octanol–water partition coefficient (Wildman–Crippen LogP) is 2.56. The number of hydrogen-bond acceptors (Lipinski definition) is 5. The van der Waals surface area contributed by atoms with Crippen LogP contribution in [0.1, 0.15) is 55.9 Å². The first-order valence-corrected chi connectivity index (χ1v) is 9.83. The van der Waals surface area contributed by atoms with Crippen molar-refractivity contribution in [1.29, 1.82) is 0 Å². The summed E-state index contributed by atoms with van der Waals surface area (Å²) in [5.74, 6) is -2.15. The van der Waals surface area contributed by atoms with Gasteiger partial charge < -0.3 is 5.32 Å². The molecule has 1 aliphatic heterocycles. The van der Waals surface area contributed by atoms with E-state index in [1.807, 2.05) is 0 Å². The van der Waals surface area contributed by atoms with Crippen LogP contribution in [0.2, 0.25) is 5.02 Å². The molecule has 30 heavy (non-hydrogen) atoms. The monoisotopic (exact) mass is 424 g/mol. The molecule has 1 atom stereocenters. The number of ketones is 2.